The molecule has 2 unspecified atom stereocenters. The smallest absolute Gasteiger partial charge is 0.410 e. The Kier molecular flexibility index (Phi) is 4.61. The Bertz CT molecular complexity index is 631. The molecular weight excluding hydrogens is 324 g/mol. The lowest BCUT2D eigenvalue weighted by Crippen LogP contribution is -2.36. The van der Waals surface area contributed by atoms with Gasteiger partial charge in [0.25, 0.3) is 0 Å². The number of rotatable bonds is 4. The number of nitrogens with two attached hydrogens (primary N) is 1. The minimum absolute atomic E-state index is 0.0835. The summed E-state index contributed by atoms with van der Waals surface area (Å²) in [6.07, 6.45) is 2.63. The third-order valence-corrected chi connectivity index (χ3v) is 4.47. The maximum Gasteiger partial charge on any atom is 0.410 e. The predicted molar refractivity (Wildman–Crippen MR) is 90.3 cm³/mol. The molecule has 1 saturated carbocycles. The molecule has 138 valence electrons. The van der Waals surface area contributed by atoms with Crippen LogP contribution in [0.25, 0.3) is 0 Å². The van der Waals surface area contributed by atoms with E-state index in [0.29, 0.717) is 31.0 Å². The molecule has 2 heterocycles. The molecule has 1 aliphatic heterocycles. The SMILES string of the molecule is CC(C)(C)OC(=O)N1CC[C@H](Oc2ccc(C3(N)CC3NO)nc2)C1. The van der Waals surface area contributed by atoms with E-state index in [1.807, 2.05) is 32.9 Å². The third-order valence-electron chi connectivity index (χ3n) is 4.47. The van der Waals surface area contributed by atoms with Gasteiger partial charge >= 0.3 is 6.09 Å². The first-order valence-electron chi connectivity index (χ1n) is 8.51. The summed E-state index contributed by atoms with van der Waals surface area (Å²) in [4.78, 5) is 18.1. The normalized spacial score (nSPS) is 28.8. The lowest BCUT2D eigenvalue weighted by atomic mass is 10.1. The number of hydrogen-bond donors (Lipinski definition) is 3. The Morgan fingerprint density at radius 3 is 2.80 bits per heavy atom. The van der Waals surface area contributed by atoms with Crippen LogP contribution in [0.1, 0.15) is 39.3 Å². The summed E-state index contributed by atoms with van der Waals surface area (Å²) in [6, 6.07) is 3.47. The van der Waals surface area contributed by atoms with Crippen molar-refractivity contribution in [3.05, 3.63) is 24.0 Å². The second kappa shape index (κ2) is 6.44. The maximum absolute atomic E-state index is 12.1. The van der Waals surface area contributed by atoms with E-state index < -0.39 is 11.1 Å². The van der Waals surface area contributed by atoms with Crippen molar-refractivity contribution < 1.29 is 19.5 Å². The Morgan fingerprint density at radius 1 is 1.48 bits per heavy atom. The number of pyridine rings is 1. The molecule has 1 aromatic rings. The van der Waals surface area contributed by atoms with Gasteiger partial charge in [-0.05, 0) is 39.3 Å². The molecule has 1 aromatic heterocycles. The molecule has 25 heavy (non-hydrogen) atoms. The van der Waals surface area contributed by atoms with Gasteiger partial charge in [-0.1, -0.05) is 0 Å². The molecule has 1 amide bonds. The molecular formula is C17H26N4O4. The van der Waals surface area contributed by atoms with Crippen LogP contribution in [0.4, 0.5) is 4.79 Å². The predicted octanol–water partition coefficient (Wildman–Crippen LogP) is 1.37. The number of hydrogen-bond acceptors (Lipinski definition) is 7. The molecule has 3 rings (SSSR count). The van der Waals surface area contributed by atoms with Crippen LogP contribution in [0.5, 0.6) is 5.75 Å². The number of carbonyl (C=O) groups excluding carboxylic acids is 1. The summed E-state index contributed by atoms with van der Waals surface area (Å²) in [5.74, 6) is 0.637. The number of aromatic nitrogens is 1. The molecule has 0 radical (unpaired) electrons. The van der Waals surface area contributed by atoms with E-state index in [9.17, 15) is 4.79 Å². The molecule has 4 N–H and O–H groups in total. The summed E-state index contributed by atoms with van der Waals surface area (Å²) in [6.45, 7) is 6.66. The van der Waals surface area contributed by atoms with Gasteiger partial charge in [0, 0.05) is 13.0 Å². The zero-order valence-electron chi connectivity index (χ0n) is 14.9. The standard InChI is InChI=1S/C17H26N4O4/c1-16(2,3)25-15(22)21-7-6-12(10-21)24-11-4-5-13(19-9-11)17(18)8-14(17)20-23/h4-5,9,12,14,20,23H,6-8,10,18H2,1-3H3/t12-,14?,17?/m0/s1. The number of amides is 1. The van der Waals surface area contributed by atoms with Crippen LogP contribution in [0.3, 0.4) is 0 Å². The number of likely N-dealkylation sites (tertiary alicyclic amines) is 1. The highest BCUT2D eigenvalue weighted by molar-refractivity contribution is 5.68. The second-order valence-electron chi connectivity index (χ2n) is 7.76. The quantitative estimate of drug-likeness (QED) is 0.704. The number of carbonyl (C=O) groups is 1. The van der Waals surface area contributed by atoms with Crippen molar-refractivity contribution in [3.63, 3.8) is 0 Å². The van der Waals surface area contributed by atoms with Crippen molar-refractivity contribution in [2.45, 2.75) is 56.9 Å². The third kappa shape index (κ3) is 4.02. The lowest BCUT2D eigenvalue weighted by molar-refractivity contribution is 0.0275. The minimum Gasteiger partial charge on any atom is -0.487 e. The summed E-state index contributed by atoms with van der Waals surface area (Å²) in [5.41, 5.74) is 7.94. The maximum atomic E-state index is 12.1. The van der Waals surface area contributed by atoms with Gasteiger partial charge in [0.1, 0.15) is 17.5 Å². The number of nitrogens with one attached hydrogen (secondary N) is 1. The zero-order valence-corrected chi connectivity index (χ0v) is 14.9. The van der Waals surface area contributed by atoms with E-state index in [-0.39, 0.29) is 18.2 Å². The Labute approximate surface area is 147 Å². The molecule has 8 nitrogen and oxygen atoms in total. The van der Waals surface area contributed by atoms with E-state index in [2.05, 4.69) is 10.5 Å². The monoisotopic (exact) mass is 350 g/mol. The highest BCUT2D eigenvalue weighted by Gasteiger charge is 2.53. The van der Waals surface area contributed by atoms with Crippen molar-refractivity contribution in [1.29, 1.82) is 0 Å². The molecule has 3 atom stereocenters. The first kappa shape index (κ1) is 17.9. The fraction of sp³-hybridized carbons (Fsp3) is 0.647. The zero-order chi connectivity index (χ0) is 18.2. The molecule has 0 aromatic carbocycles. The van der Waals surface area contributed by atoms with Gasteiger partial charge in [0.15, 0.2) is 0 Å². The van der Waals surface area contributed by atoms with E-state index in [4.69, 9.17) is 20.4 Å². The van der Waals surface area contributed by atoms with Crippen LogP contribution < -0.4 is 16.0 Å². The molecule has 2 aliphatic rings. The summed E-state index contributed by atoms with van der Waals surface area (Å²) >= 11 is 0. The van der Waals surface area contributed by atoms with Gasteiger partial charge in [0.05, 0.1) is 30.0 Å². The minimum atomic E-state index is -0.617. The fourth-order valence-corrected chi connectivity index (χ4v) is 2.96. The molecule has 8 heteroatoms. The van der Waals surface area contributed by atoms with Crippen molar-refractivity contribution in [2.75, 3.05) is 13.1 Å². The number of ether oxygens (including phenoxy) is 2. The first-order chi connectivity index (χ1) is 11.7. The lowest BCUT2D eigenvalue weighted by Gasteiger charge is -2.24. The summed E-state index contributed by atoms with van der Waals surface area (Å²) in [5, 5.41) is 8.96. The van der Waals surface area contributed by atoms with Gasteiger partial charge in [-0.3, -0.25) is 4.98 Å². The molecule has 1 saturated heterocycles. The Balaban J connectivity index is 1.53. The van der Waals surface area contributed by atoms with Gasteiger partial charge in [-0.15, -0.1) is 0 Å². The van der Waals surface area contributed by atoms with E-state index in [1.165, 1.54) is 0 Å². The average molecular weight is 350 g/mol. The average Bonchev–Trinajstić information content (AvgIpc) is 2.99. The second-order valence-corrected chi connectivity index (χ2v) is 7.76. The Hall–Kier alpha value is -1.90. The summed E-state index contributed by atoms with van der Waals surface area (Å²) in [7, 11) is 0. The van der Waals surface area contributed by atoms with E-state index in [0.717, 1.165) is 6.42 Å². The molecule has 2 fully saturated rings. The van der Waals surface area contributed by atoms with Gasteiger partial charge in [0.2, 0.25) is 0 Å². The largest absolute Gasteiger partial charge is 0.487 e. The number of hydroxylamine groups is 1. The molecule has 0 spiro atoms. The van der Waals surface area contributed by atoms with Crippen molar-refractivity contribution >= 4 is 6.09 Å². The molecule has 1 aliphatic carbocycles. The number of nitrogens with zero attached hydrogens (tertiary/aromatic N) is 2. The van der Waals surface area contributed by atoms with Gasteiger partial charge in [-0.25, -0.2) is 10.3 Å². The first-order valence-corrected chi connectivity index (χ1v) is 8.51. The van der Waals surface area contributed by atoms with E-state index >= 15 is 0 Å². The van der Waals surface area contributed by atoms with Crippen molar-refractivity contribution in [3.8, 4) is 5.75 Å². The Morgan fingerprint density at radius 2 is 2.24 bits per heavy atom. The highest BCUT2D eigenvalue weighted by atomic mass is 16.6. The highest BCUT2D eigenvalue weighted by Crippen LogP contribution is 2.42. The van der Waals surface area contributed by atoms with Crippen LogP contribution >= 0.6 is 0 Å². The molecule has 0 bridgehead atoms. The van der Waals surface area contributed by atoms with Crippen LogP contribution in [-0.4, -0.2) is 52.0 Å². The topological polar surface area (TPSA) is 110 Å². The van der Waals surface area contributed by atoms with Gasteiger partial charge < -0.3 is 25.3 Å². The summed E-state index contributed by atoms with van der Waals surface area (Å²) < 4.78 is 11.3. The van der Waals surface area contributed by atoms with Crippen LogP contribution in [0, 0.1) is 0 Å². The fourth-order valence-electron chi connectivity index (χ4n) is 2.96. The van der Waals surface area contributed by atoms with Crippen LogP contribution in [-0.2, 0) is 10.3 Å². The van der Waals surface area contributed by atoms with E-state index in [1.54, 1.807) is 11.1 Å². The van der Waals surface area contributed by atoms with Crippen molar-refractivity contribution in [1.82, 2.24) is 15.4 Å². The van der Waals surface area contributed by atoms with Crippen LogP contribution in [0.15, 0.2) is 18.3 Å². The van der Waals surface area contributed by atoms with Crippen LogP contribution in [0.2, 0.25) is 0 Å². The van der Waals surface area contributed by atoms with Gasteiger partial charge in [-0.2, -0.15) is 0 Å². The van der Waals surface area contributed by atoms with Crippen molar-refractivity contribution in [2.24, 2.45) is 5.73 Å².